The van der Waals surface area contributed by atoms with E-state index in [-0.39, 0.29) is 0 Å². The molecule has 0 fully saturated rings. The van der Waals surface area contributed by atoms with E-state index in [9.17, 15) is 0 Å². The van der Waals surface area contributed by atoms with Gasteiger partial charge in [0.15, 0.2) is 5.13 Å². The molecular formula is C11H20N2O2S. The second-order valence-corrected chi connectivity index (χ2v) is 4.75. The molecule has 0 atom stereocenters. The van der Waals surface area contributed by atoms with Crippen LogP contribution in [0, 0.1) is 13.8 Å². The molecule has 1 N–H and O–H groups in total. The first-order chi connectivity index (χ1) is 7.74. The van der Waals surface area contributed by atoms with E-state index in [0.29, 0.717) is 13.2 Å². The molecule has 0 aliphatic rings. The third-order valence-electron chi connectivity index (χ3n) is 2.20. The fraction of sp³-hybridized carbons (Fsp3) is 0.727. The molecule has 92 valence electrons. The molecule has 0 spiro atoms. The number of aromatic nitrogens is 1. The van der Waals surface area contributed by atoms with Gasteiger partial charge in [0.2, 0.25) is 0 Å². The van der Waals surface area contributed by atoms with Crippen molar-refractivity contribution >= 4 is 16.5 Å². The highest BCUT2D eigenvalue weighted by Gasteiger charge is 2.01. The average Bonchev–Trinajstić information content (AvgIpc) is 2.57. The predicted octanol–water partition coefficient (Wildman–Crippen LogP) is 2.22. The number of hydrogen-bond donors (Lipinski definition) is 1. The molecule has 4 nitrogen and oxygen atoms in total. The number of methoxy groups -OCH3 is 1. The molecule has 1 aromatic rings. The number of ether oxygens (including phenoxy) is 2. The Morgan fingerprint density at radius 1 is 1.25 bits per heavy atom. The van der Waals surface area contributed by atoms with Gasteiger partial charge in [0.1, 0.15) is 0 Å². The summed E-state index contributed by atoms with van der Waals surface area (Å²) < 4.78 is 10.2. The second-order valence-electron chi connectivity index (χ2n) is 3.55. The summed E-state index contributed by atoms with van der Waals surface area (Å²) in [7, 11) is 1.68. The lowest BCUT2D eigenvalue weighted by molar-refractivity contribution is 0.0705. The molecule has 0 saturated heterocycles. The van der Waals surface area contributed by atoms with Gasteiger partial charge < -0.3 is 14.8 Å². The van der Waals surface area contributed by atoms with Crippen LogP contribution in [-0.4, -0.2) is 38.5 Å². The van der Waals surface area contributed by atoms with Crippen molar-refractivity contribution in [3.05, 3.63) is 10.6 Å². The van der Waals surface area contributed by atoms with Gasteiger partial charge in [-0.25, -0.2) is 4.98 Å². The van der Waals surface area contributed by atoms with Gasteiger partial charge in [0.25, 0.3) is 0 Å². The van der Waals surface area contributed by atoms with Crippen LogP contribution >= 0.6 is 11.3 Å². The highest BCUT2D eigenvalue weighted by molar-refractivity contribution is 7.15. The van der Waals surface area contributed by atoms with Crippen LogP contribution < -0.4 is 5.32 Å². The van der Waals surface area contributed by atoms with Gasteiger partial charge >= 0.3 is 0 Å². The van der Waals surface area contributed by atoms with E-state index in [1.807, 2.05) is 6.92 Å². The van der Waals surface area contributed by atoms with Gasteiger partial charge in [0, 0.05) is 25.1 Å². The number of nitrogens with one attached hydrogen (secondary N) is 1. The lowest BCUT2D eigenvalue weighted by Crippen LogP contribution is -2.08. The van der Waals surface area contributed by atoms with Crippen LogP contribution in [0.1, 0.15) is 17.0 Å². The minimum Gasteiger partial charge on any atom is -0.382 e. The Hall–Kier alpha value is -0.650. The molecular weight excluding hydrogens is 224 g/mol. The lowest BCUT2D eigenvalue weighted by Gasteiger charge is -2.04. The van der Waals surface area contributed by atoms with Crippen molar-refractivity contribution in [2.75, 3.05) is 38.8 Å². The molecule has 0 amide bonds. The molecule has 0 unspecified atom stereocenters. The number of aryl methyl sites for hydroxylation is 2. The molecule has 0 aliphatic carbocycles. The van der Waals surface area contributed by atoms with Crippen molar-refractivity contribution in [1.29, 1.82) is 0 Å². The molecule has 5 heteroatoms. The molecule has 1 heterocycles. The Labute approximate surface area is 101 Å². The number of nitrogens with zero attached hydrogens (tertiary/aromatic N) is 1. The van der Waals surface area contributed by atoms with Gasteiger partial charge in [-0.3, -0.25) is 0 Å². The maximum atomic E-state index is 5.36. The summed E-state index contributed by atoms with van der Waals surface area (Å²) in [5.74, 6) is 0. The molecule has 0 bridgehead atoms. The van der Waals surface area contributed by atoms with E-state index < -0.39 is 0 Å². The fourth-order valence-electron chi connectivity index (χ4n) is 1.16. The summed E-state index contributed by atoms with van der Waals surface area (Å²) in [5.41, 5.74) is 1.11. The lowest BCUT2D eigenvalue weighted by atomic mass is 10.4. The molecule has 0 aliphatic heterocycles. The van der Waals surface area contributed by atoms with Gasteiger partial charge in [0.05, 0.1) is 18.9 Å². The first kappa shape index (κ1) is 13.4. The van der Waals surface area contributed by atoms with Gasteiger partial charge in [-0.05, 0) is 20.3 Å². The molecule has 1 aromatic heterocycles. The fourth-order valence-corrected chi connectivity index (χ4v) is 2.00. The van der Waals surface area contributed by atoms with Crippen molar-refractivity contribution < 1.29 is 9.47 Å². The number of thiazole rings is 1. The molecule has 16 heavy (non-hydrogen) atoms. The maximum Gasteiger partial charge on any atom is 0.183 e. The van der Waals surface area contributed by atoms with E-state index in [0.717, 1.165) is 30.4 Å². The van der Waals surface area contributed by atoms with Crippen molar-refractivity contribution in [1.82, 2.24) is 4.98 Å². The summed E-state index contributed by atoms with van der Waals surface area (Å²) >= 11 is 1.70. The Morgan fingerprint density at radius 2 is 2.06 bits per heavy atom. The van der Waals surface area contributed by atoms with Crippen molar-refractivity contribution in [3.8, 4) is 0 Å². The Balaban J connectivity index is 2.03. The summed E-state index contributed by atoms with van der Waals surface area (Å²) in [5, 5.41) is 4.30. The highest BCUT2D eigenvalue weighted by atomic mass is 32.1. The minimum atomic E-state index is 0.665. The zero-order valence-electron chi connectivity index (χ0n) is 10.2. The smallest absolute Gasteiger partial charge is 0.183 e. The molecule has 0 aromatic carbocycles. The van der Waals surface area contributed by atoms with E-state index in [1.165, 1.54) is 4.88 Å². The predicted molar refractivity (Wildman–Crippen MR) is 67.4 cm³/mol. The minimum absolute atomic E-state index is 0.665. The standard InChI is InChI=1S/C11H20N2O2S/c1-9-10(2)16-11(13-9)12-5-4-6-15-8-7-14-3/h4-8H2,1-3H3,(H,12,13). The van der Waals surface area contributed by atoms with Crippen LogP contribution in [0.4, 0.5) is 5.13 Å². The van der Waals surface area contributed by atoms with E-state index >= 15 is 0 Å². The number of rotatable bonds is 8. The van der Waals surface area contributed by atoms with Gasteiger partial charge in [-0.15, -0.1) is 11.3 Å². The number of hydrogen-bond acceptors (Lipinski definition) is 5. The largest absolute Gasteiger partial charge is 0.382 e. The van der Waals surface area contributed by atoms with Crippen molar-refractivity contribution in [2.45, 2.75) is 20.3 Å². The van der Waals surface area contributed by atoms with Crippen molar-refractivity contribution in [3.63, 3.8) is 0 Å². The van der Waals surface area contributed by atoms with E-state index in [4.69, 9.17) is 9.47 Å². The first-order valence-corrected chi connectivity index (χ1v) is 6.30. The van der Waals surface area contributed by atoms with Crippen LogP contribution in [0.15, 0.2) is 0 Å². The van der Waals surface area contributed by atoms with E-state index in [1.54, 1.807) is 18.4 Å². The second kappa shape index (κ2) is 7.60. The zero-order chi connectivity index (χ0) is 11.8. The normalized spacial score (nSPS) is 10.7. The Morgan fingerprint density at radius 3 is 2.69 bits per heavy atom. The topological polar surface area (TPSA) is 43.4 Å². The first-order valence-electron chi connectivity index (χ1n) is 5.48. The summed E-state index contributed by atoms with van der Waals surface area (Å²) in [6.45, 7) is 7.13. The quantitative estimate of drug-likeness (QED) is 0.712. The van der Waals surface area contributed by atoms with Crippen LogP contribution in [0.2, 0.25) is 0 Å². The number of anilines is 1. The maximum absolute atomic E-state index is 5.36. The van der Waals surface area contributed by atoms with Crippen LogP contribution in [0.25, 0.3) is 0 Å². The monoisotopic (exact) mass is 244 g/mol. The van der Waals surface area contributed by atoms with Crippen molar-refractivity contribution in [2.24, 2.45) is 0 Å². The highest BCUT2D eigenvalue weighted by Crippen LogP contribution is 2.20. The average molecular weight is 244 g/mol. The van der Waals surface area contributed by atoms with Crippen LogP contribution in [0.3, 0.4) is 0 Å². The third-order valence-corrected chi connectivity index (χ3v) is 3.23. The van der Waals surface area contributed by atoms with Crippen LogP contribution in [-0.2, 0) is 9.47 Å². The third kappa shape index (κ3) is 4.92. The molecule has 0 saturated carbocycles. The zero-order valence-corrected chi connectivity index (χ0v) is 11.0. The molecule has 1 rings (SSSR count). The molecule has 0 radical (unpaired) electrons. The summed E-state index contributed by atoms with van der Waals surface area (Å²) in [4.78, 5) is 5.68. The van der Waals surface area contributed by atoms with Gasteiger partial charge in [-0.1, -0.05) is 0 Å². The summed E-state index contributed by atoms with van der Waals surface area (Å²) in [6, 6.07) is 0. The Bertz CT molecular complexity index is 283. The SMILES string of the molecule is COCCOCCCNc1nc(C)c(C)s1. The van der Waals surface area contributed by atoms with Gasteiger partial charge in [-0.2, -0.15) is 0 Å². The Kier molecular flexibility index (Phi) is 6.37. The summed E-state index contributed by atoms with van der Waals surface area (Å²) in [6.07, 6.45) is 0.987. The van der Waals surface area contributed by atoms with Crippen LogP contribution in [0.5, 0.6) is 0 Å². The van der Waals surface area contributed by atoms with E-state index in [2.05, 4.69) is 17.2 Å².